The molecule has 1 heterocycles. The van der Waals surface area contributed by atoms with Crippen molar-refractivity contribution in [1.82, 2.24) is 4.90 Å². The number of fused-ring (bicyclic) bond motifs is 1. The van der Waals surface area contributed by atoms with Crippen molar-refractivity contribution in [3.8, 4) is 11.1 Å². The van der Waals surface area contributed by atoms with Crippen LogP contribution < -0.4 is 5.32 Å². The molecule has 7 heteroatoms. The van der Waals surface area contributed by atoms with Crippen molar-refractivity contribution in [2.24, 2.45) is 0 Å². The number of ether oxygens (including phenoxy) is 1. The summed E-state index contributed by atoms with van der Waals surface area (Å²) < 4.78 is 5.23. The molecule has 2 atom stereocenters. The maximum Gasteiger partial charge on any atom is 0.293 e. The Labute approximate surface area is 202 Å². The van der Waals surface area contributed by atoms with E-state index in [1.165, 1.54) is 0 Å². The molecule has 172 valence electrons. The Balaban J connectivity index is 1.30. The highest BCUT2D eigenvalue weighted by atomic mass is 35.5. The van der Waals surface area contributed by atoms with Gasteiger partial charge in [0, 0.05) is 28.4 Å². The highest BCUT2D eigenvalue weighted by Crippen LogP contribution is 2.35. The quantitative estimate of drug-likeness (QED) is 0.491. The number of nitrogens with one attached hydrogen (secondary N) is 1. The monoisotopic (exact) mass is 474 g/mol. The van der Waals surface area contributed by atoms with Crippen LogP contribution in [-0.4, -0.2) is 35.3 Å². The number of anilines is 1. The lowest BCUT2D eigenvalue weighted by molar-refractivity contribution is -0.135. The molecule has 1 N–H and O–H groups in total. The first kappa shape index (κ1) is 22.2. The van der Waals surface area contributed by atoms with Gasteiger partial charge in [-0.3, -0.25) is 14.4 Å². The fraction of sp³-hybridized carbons (Fsp3) is 0.222. The van der Waals surface area contributed by atoms with Gasteiger partial charge in [-0.25, -0.2) is 0 Å². The number of carbonyl (C=O) groups is 3. The van der Waals surface area contributed by atoms with Gasteiger partial charge >= 0.3 is 0 Å². The molecule has 1 saturated carbocycles. The molecule has 0 spiro atoms. The normalized spacial score (nSPS) is 19.1. The van der Waals surface area contributed by atoms with Crippen LogP contribution in [0.15, 0.2) is 66.7 Å². The maximum atomic E-state index is 13.2. The van der Waals surface area contributed by atoms with Crippen molar-refractivity contribution in [1.29, 1.82) is 0 Å². The smallest absolute Gasteiger partial charge is 0.293 e. The van der Waals surface area contributed by atoms with Gasteiger partial charge in [-0.15, -0.1) is 0 Å². The first-order chi connectivity index (χ1) is 16.5. The van der Waals surface area contributed by atoms with E-state index in [-0.39, 0.29) is 24.0 Å². The number of halogens is 1. The molecule has 34 heavy (non-hydrogen) atoms. The first-order valence-electron chi connectivity index (χ1n) is 11.2. The Bertz CT molecular complexity index is 1240. The molecule has 0 radical (unpaired) electrons. The highest BCUT2D eigenvalue weighted by molar-refractivity contribution is 6.30. The van der Waals surface area contributed by atoms with Crippen LogP contribution in [0.4, 0.5) is 5.69 Å². The number of nitrogens with zero attached hydrogens (tertiary/aromatic N) is 1. The predicted molar refractivity (Wildman–Crippen MR) is 130 cm³/mol. The Morgan fingerprint density at radius 2 is 1.74 bits per heavy atom. The van der Waals surface area contributed by atoms with Crippen LogP contribution in [0, 0.1) is 0 Å². The molecular formula is C27H23ClN2O4. The molecule has 2 aliphatic rings. The summed E-state index contributed by atoms with van der Waals surface area (Å²) in [4.78, 5) is 38.3. The van der Waals surface area contributed by atoms with Crippen LogP contribution in [0.2, 0.25) is 5.02 Å². The number of rotatable bonds is 6. The van der Waals surface area contributed by atoms with Crippen LogP contribution in [0.1, 0.15) is 45.5 Å². The number of amides is 2. The molecule has 3 aromatic rings. The third-order valence-electron chi connectivity index (χ3n) is 6.57. The molecule has 3 aromatic carbocycles. The maximum absolute atomic E-state index is 13.2. The SMILES string of the molecule is O=CO[C@H]1CCC[C@H]1N1Cc2ccc(-c3ccc(NC(=O)c4ccc(Cl)cc4)cc3)cc2C1=O. The van der Waals surface area contributed by atoms with Crippen molar-refractivity contribution < 1.29 is 19.1 Å². The molecule has 5 rings (SSSR count). The zero-order chi connectivity index (χ0) is 23.7. The molecule has 0 aromatic heterocycles. The van der Waals surface area contributed by atoms with Gasteiger partial charge in [-0.1, -0.05) is 35.9 Å². The summed E-state index contributed by atoms with van der Waals surface area (Å²) in [7, 11) is 0. The average molecular weight is 475 g/mol. The Hall–Kier alpha value is -3.64. The zero-order valence-corrected chi connectivity index (χ0v) is 19.1. The lowest BCUT2D eigenvalue weighted by Gasteiger charge is -2.28. The van der Waals surface area contributed by atoms with Crippen molar-refractivity contribution >= 4 is 35.6 Å². The van der Waals surface area contributed by atoms with E-state index in [0.717, 1.165) is 36.0 Å². The van der Waals surface area contributed by atoms with Gasteiger partial charge in [0.15, 0.2) is 0 Å². The summed E-state index contributed by atoms with van der Waals surface area (Å²) in [5.41, 5.74) is 4.75. The molecule has 0 bridgehead atoms. The average Bonchev–Trinajstić information content (AvgIpc) is 3.44. The lowest BCUT2D eigenvalue weighted by Crippen LogP contribution is -2.41. The Morgan fingerprint density at radius 3 is 2.47 bits per heavy atom. The topological polar surface area (TPSA) is 75.7 Å². The molecule has 1 fully saturated rings. The van der Waals surface area contributed by atoms with Crippen molar-refractivity contribution in [2.75, 3.05) is 5.32 Å². The standard InChI is InChI=1S/C27H23ClN2O4/c28-21-10-6-18(7-11-21)26(32)29-22-12-8-17(9-13-22)19-4-5-20-15-30(27(33)23(20)14-19)24-2-1-3-25(24)34-16-31/h4-14,16,24-25H,1-3,15H2,(H,29,32)/t24-,25+/m1/s1. The second-order valence-electron chi connectivity index (χ2n) is 8.61. The summed E-state index contributed by atoms with van der Waals surface area (Å²) in [5, 5.41) is 3.46. The molecular weight excluding hydrogens is 452 g/mol. The Morgan fingerprint density at radius 1 is 1.00 bits per heavy atom. The minimum Gasteiger partial charge on any atom is -0.462 e. The first-order valence-corrected chi connectivity index (χ1v) is 11.6. The number of hydrogen-bond donors (Lipinski definition) is 1. The fourth-order valence-electron chi connectivity index (χ4n) is 4.81. The summed E-state index contributed by atoms with van der Waals surface area (Å²) in [6.45, 7) is 1.02. The van der Waals surface area contributed by atoms with Gasteiger partial charge in [0.1, 0.15) is 6.10 Å². The van der Waals surface area contributed by atoms with Gasteiger partial charge in [0.25, 0.3) is 18.3 Å². The number of hydrogen-bond acceptors (Lipinski definition) is 4. The van der Waals surface area contributed by atoms with Crippen LogP contribution in [-0.2, 0) is 16.1 Å². The second kappa shape index (κ2) is 9.31. The third-order valence-corrected chi connectivity index (χ3v) is 6.82. The minimum absolute atomic E-state index is 0.0184. The molecule has 1 aliphatic heterocycles. The van der Waals surface area contributed by atoms with Crippen LogP contribution >= 0.6 is 11.6 Å². The minimum atomic E-state index is -0.231. The molecule has 6 nitrogen and oxygen atoms in total. The van der Waals surface area contributed by atoms with Crippen molar-refractivity contribution in [2.45, 2.75) is 38.0 Å². The van der Waals surface area contributed by atoms with Crippen LogP contribution in [0.3, 0.4) is 0 Å². The summed E-state index contributed by atoms with van der Waals surface area (Å²) in [6, 6.07) is 20.1. The number of benzene rings is 3. The van der Waals surface area contributed by atoms with Gasteiger partial charge in [0.2, 0.25) is 0 Å². The van der Waals surface area contributed by atoms with E-state index in [0.29, 0.717) is 34.9 Å². The summed E-state index contributed by atoms with van der Waals surface area (Å²) in [5.74, 6) is -0.230. The van der Waals surface area contributed by atoms with Gasteiger partial charge in [0.05, 0.1) is 6.04 Å². The van der Waals surface area contributed by atoms with E-state index in [1.807, 2.05) is 47.4 Å². The van der Waals surface area contributed by atoms with Crippen LogP contribution in [0.5, 0.6) is 0 Å². The molecule has 1 aliphatic carbocycles. The zero-order valence-electron chi connectivity index (χ0n) is 18.4. The molecule has 0 saturated heterocycles. The number of carbonyl (C=O) groups excluding carboxylic acids is 3. The van der Waals surface area contributed by atoms with Crippen LogP contribution in [0.25, 0.3) is 11.1 Å². The largest absolute Gasteiger partial charge is 0.462 e. The predicted octanol–water partition coefficient (Wildman–Crippen LogP) is 5.31. The fourth-order valence-corrected chi connectivity index (χ4v) is 4.94. The van der Waals surface area contributed by atoms with Crippen molar-refractivity contribution in [3.63, 3.8) is 0 Å². The van der Waals surface area contributed by atoms with Gasteiger partial charge in [-0.05, 0) is 78.4 Å². The van der Waals surface area contributed by atoms with E-state index in [2.05, 4.69) is 5.32 Å². The second-order valence-corrected chi connectivity index (χ2v) is 9.05. The summed E-state index contributed by atoms with van der Waals surface area (Å²) in [6.07, 6.45) is 2.34. The molecule has 0 unspecified atom stereocenters. The van der Waals surface area contributed by atoms with Crippen molar-refractivity contribution in [3.05, 3.63) is 88.4 Å². The highest BCUT2D eigenvalue weighted by Gasteiger charge is 2.40. The van der Waals surface area contributed by atoms with E-state index in [4.69, 9.17) is 16.3 Å². The third kappa shape index (κ3) is 4.29. The van der Waals surface area contributed by atoms with E-state index < -0.39 is 0 Å². The van der Waals surface area contributed by atoms with E-state index >= 15 is 0 Å². The summed E-state index contributed by atoms with van der Waals surface area (Å²) >= 11 is 5.88. The Kier molecular flexibility index (Phi) is 6.07. The van der Waals surface area contributed by atoms with Gasteiger partial charge < -0.3 is 15.0 Å². The molecule has 2 amide bonds. The van der Waals surface area contributed by atoms with E-state index in [9.17, 15) is 14.4 Å². The van der Waals surface area contributed by atoms with E-state index in [1.54, 1.807) is 24.3 Å². The van der Waals surface area contributed by atoms with Gasteiger partial charge in [-0.2, -0.15) is 0 Å². The lowest BCUT2D eigenvalue weighted by atomic mass is 10.00.